The van der Waals surface area contributed by atoms with Crippen molar-refractivity contribution in [3.8, 4) is 0 Å². The first-order valence-corrected chi connectivity index (χ1v) is 16.4. The number of ether oxygens (including phenoxy) is 1. The summed E-state index contributed by atoms with van der Waals surface area (Å²) in [6, 6.07) is 0. The van der Waals surface area contributed by atoms with E-state index < -0.39 is 5.72 Å². The fourth-order valence-electron chi connectivity index (χ4n) is 3.24. The van der Waals surface area contributed by atoms with Crippen molar-refractivity contribution in [1.82, 2.24) is 10.2 Å². The van der Waals surface area contributed by atoms with Crippen LogP contribution in [0.25, 0.3) is 0 Å². The van der Waals surface area contributed by atoms with Gasteiger partial charge in [0.15, 0.2) is 0 Å². The van der Waals surface area contributed by atoms with Gasteiger partial charge in [-0.1, -0.05) is 67.2 Å². The molecule has 1 fully saturated rings. The average Bonchev–Trinajstić information content (AvgIpc) is 3.48. The maximum Gasteiger partial charge on any atom is 0.314 e. The second-order valence-electron chi connectivity index (χ2n) is 10.3. The second kappa shape index (κ2) is 39.6. The van der Waals surface area contributed by atoms with Gasteiger partial charge in [-0.3, -0.25) is 14.4 Å². The number of hydrogen-bond acceptors (Lipinski definition) is 8. The predicted molar refractivity (Wildman–Crippen MR) is 187 cm³/mol. The third kappa shape index (κ3) is 39.6. The van der Waals surface area contributed by atoms with E-state index in [9.17, 15) is 24.3 Å². The number of carbonyl (C=O) groups is 4. The lowest BCUT2D eigenvalue weighted by Gasteiger charge is -2.29. The number of nitrogens with one attached hydrogen (secondary N) is 1. The van der Waals surface area contributed by atoms with Crippen LogP contribution in [0.15, 0.2) is 11.8 Å². The molecule has 2 heterocycles. The number of allylic oxidation sites excluding steroid dienone is 1. The lowest BCUT2D eigenvalue weighted by atomic mass is 10.2. The van der Waals surface area contributed by atoms with Crippen LogP contribution in [0, 0.1) is 0 Å². The third-order valence-corrected chi connectivity index (χ3v) is 5.93. The molecule has 1 atom stereocenters. The lowest BCUT2D eigenvalue weighted by molar-refractivity contribution is -0.142. The Hall–Kier alpha value is -2.38. The molecule has 2 rings (SSSR count). The van der Waals surface area contributed by atoms with Crippen LogP contribution in [-0.4, -0.2) is 71.0 Å². The van der Waals surface area contributed by atoms with Crippen LogP contribution >= 0.6 is 0 Å². The van der Waals surface area contributed by atoms with Crippen LogP contribution < -0.4 is 16.8 Å². The first kappa shape index (κ1) is 55.1. The van der Waals surface area contributed by atoms with Gasteiger partial charge in [0.25, 0.3) is 0 Å². The molecule has 1 saturated heterocycles. The van der Waals surface area contributed by atoms with E-state index in [0.717, 1.165) is 51.1 Å². The number of carbonyl (C=O) groups excluding carboxylic acids is 4. The molecule has 0 aromatic rings. The largest absolute Gasteiger partial charge is 0.457 e. The quantitative estimate of drug-likeness (QED) is 0.129. The highest BCUT2D eigenvalue weighted by atomic mass is 16.5. The topological polar surface area (TPSA) is 230 Å². The maximum atomic E-state index is 11.3. The summed E-state index contributed by atoms with van der Waals surface area (Å²) in [5.74, 6) is 0.732. The van der Waals surface area contributed by atoms with Gasteiger partial charge in [0.1, 0.15) is 17.3 Å². The van der Waals surface area contributed by atoms with Crippen LogP contribution in [0.5, 0.6) is 0 Å². The highest BCUT2D eigenvalue weighted by molar-refractivity contribution is 5.83. The third-order valence-electron chi connectivity index (χ3n) is 5.93. The van der Waals surface area contributed by atoms with Crippen LogP contribution in [0.4, 0.5) is 0 Å². The van der Waals surface area contributed by atoms with Crippen LogP contribution in [-0.2, 0) is 29.4 Å². The van der Waals surface area contributed by atoms with Crippen molar-refractivity contribution in [2.45, 2.75) is 152 Å². The molecule has 0 aromatic heterocycles. The van der Waals surface area contributed by atoms with Gasteiger partial charge in [-0.05, 0) is 65.6 Å². The van der Waals surface area contributed by atoms with Crippen molar-refractivity contribution in [3.05, 3.63) is 11.8 Å². The van der Waals surface area contributed by atoms with Crippen molar-refractivity contribution in [1.29, 1.82) is 0 Å². The van der Waals surface area contributed by atoms with Gasteiger partial charge in [0.05, 0.1) is 6.42 Å². The molecule has 1 unspecified atom stereocenters. The maximum absolute atomic E-state index is 11.3. The summed E-state index contributed by atoms with van der Waals surface area (Å²) in [4.78, 5) is 44.5. The number of amides is 2. The zero-order valence-electron chi connectivity index (χ0n) is 30.3. The second-order valence-corrected chi connectivity index (χ2v) is 10.3. The molecule has 45 heavy (non-hydrogen) atoms. The van der Waals surface area contributed by atoms with Crippen molar-refractivity contribution in [3.63, 3.8) is 0 Å². The number of unbranched alkanes of at least 4 members (excludes halogenated alkanes) is 4. The summed E-state index contributed by atoms with van der Waals surface area (Å²) >= 11 is 0. The lowest BCUT2D eigenvalue weighted by Crippen LogP contribution is -2.43. The Kier molecular flexibility index (Phi) is 48.5. The molecule has 2 aliphatic rings. The molecule has 0 bridgehead atoms. The highest BCUT2D eigenvalue weighted by Gasteiger charge is 2.38. The molecule has 11 N–H and O–H groups in total. The van der Waals surface area contributed by atoms with E-state index in [1.54, 1.807) is 24.8 Å². The molecule has 2 aliphatic heterocycles. The molecule has 0 radical (unpaired) electrons. The number of aliphatic hydroxyl groups is 1. The number of cyclic esters (lactones) is 1. The first-order chi connectivity index (χ1) is 20.4. The molecule has 0 spiro atoms. The molecule has 272 valence electrons. The van der Waals surface area contributed by atoms with E-state index in [0.29, 0.717) is 38.6 Å². The Morgan fingerprint density at radius 3 is 1.71 bits per heavy atom. The minimum atomic E-state index is -0.883. The summed E-state index contributed by atoms with van der Waals surface area (Å²) in [5.41, 5.74) is 9.40. The Morgan fingerprint density at radius 2 is 1.44 bits per heavy atom. The summed E-state index contributed by atoms with van der Waals surface area (Å²) in [5, 5.41) is 12.5. The normalized spacial score (nSPS) is 15.5. The van der Waals surface area contributed by atoms with E-state index in [2.05, 4.69) is 37.7 Å². The number of nitrogens with two attached hydrogens (primary N) is 2. The molecule has 12 heteroatoms. The van der Waals surface area contributed by atoms with E-state index in [4.69, 9.17) is 11.5 Å². The molecule has 2 amide bonds. The van der Waals surface area contributed by atoms with E-state index in [1.807, 2.05) is 13.8 Å². The van der Waals surface area contributed by atoms with Gasteiger partial charge in [0.2, 0.25) is 11.8 Å². The van der Waals surface area contributed by atoms with Crippen molar-refractivity contribution < 1.29 is 40.0 Å². The summed E-state index contributed by atoms with van der Waals surface area (Å²) in [7, 11) is 0. The molecule has 0 aromatic carbocycles. The SMILES string of the molecule is CC.CC1=CCC(=O)O1.CCCCN.CCCCN.CCCCN1C(=O)CCC1(C)O.CCCCNC(=O)CCC(C)=O.O.[OH3+]. The molecule has 0 aliphatic carbocycles. The smallest absolute Gasteiger partial charge is 0.314 e. The van der Waals surface area contributed by atoms with E-state index in [-0.39, 0.29) is 34.5 Å². The highest BCUT2D eigenvalue weighted by Crippen LogP contribution is 2.27. The zero-order chi connectivity index (χ0) is 34.1. The molecular weight excluding hydrogens is 580 g/mol. The van der Waals surface area contributed by atoms with Crippen molar-refractivity contribution >= 4 is 23.6 Å². The Morgan fingerprint density at radius 1 is 0.956 bits per heavy atom. The number of esters is 1. The minimum absolute atomic E-state index is 0. The fourth-order valence-corrected chi connectivity index (χ4v) is 3.24. The summed E-state index contributed by atoms with van der Waals surface area (Å²) < 4.78 is 4.58. The minimum Gasteiger partial charge on any atom is -0.457 e. The molecule has 0 saturated carbocycles. The Bertz CT molecular complexity index is 721. The van der Waals surface area contributed by atoms with E-state index in [1.165, 1.54) is 32.6 Å². The van der Waals surface area contributed by atoms with Crippen LogP contribution in [0.1, 0.15) is 146 Å². The number of ketones is 1. The van der Waals surface area contributed by atoms with Gasteiger partial charge in [-0.15, -0.1) is 0 Å². The number of nitrogens with zero attached hydrogens (tertiary/aromatic N) is 1. The van der Waals surface area contributed by atoms with Gasteiger partial charge in [-0.2, -0.15) is 0 Å². The monoisotopic (exact) mass is 654 g/mol. The number of rotatable bonds is 13. The van der Waals surface area contributed by atoms with Crippen LogP contribution in [0.2, 0.25) is 0 Å². The van der Waals surface area contributed by atoms with Gasteiger partial charge < -0.3 is 47.3 Å². The number of likely N-dealkylation sites (tertiary alicyclic amines) is 1. The molecular formula is C33H73N4O8+. The summed E-state index contributed by atoms with van der Waals surface area (Å²) in [6.07, 6.45) is 12.9. The Labute approximate surface area is 274 Å². The van der Waals surface area contributed by atoms with Gasteiger partial charge in [0, 0.05) is 38.8 Å². The summed E-state index contributed by atoms with van der Waals surface area (Å²) in [6.45, 7) is 20.5. The molecule has 12 nitrogen and oxygen atoms in total. The average molecular weight is 654 g/mol. The number of hydrogen-bond donors (Lipinski definition) is 4. The predicted octanol–water partition coefficient (Wildman–Crippen LogP) is 4.00. The fraction of sp³-hybridized carbons (Fsp3) is 0.818. The van der Waals surface area contributed by atoms with Crippen molar-refractivity contribution in [2.24, 2.45) is 11.5 Å². The Balaban J connectivity index is -0.000000108. The zero-order valence-corrected chi connectivity index (χ0v) is 30.3. The van der Waals surface area contributed by atoms with Crippen molar-refractivity contribution in [2.75, 3.05) is 26.2 Å². The van der Waals surface area contributed by atoms with E-state index >= 15 is 0 Å². The number of Topliss-reactive ketones (excluding diaryl/α,β-unsaturated/α-hetero) is 1. The van der Waals surface area contributed by atoms with Crippen LogP contribution in [0.3, 0.4) is 0 Å². The van der Waals surface area contributed by atoms with Gasteiger partial charge >= 0.3 is 5.97 Å². The first-order valence-electron chi connectivity index (χ1n) is 16.4. The van der Waals surface area contributed by atoms with Gasteiger partial charge in [-0.25, -0.2) is 0 Å². The standard InChI is InChI=1S/2C9H17NO2.C5H6O2.2C4H11N.C2H6.2H2O/c1-3-4-7-10-8(11)5-6-9(10,2)12;1-3-4-7-10-9(12)6-5-8(2)11;1-4-2-3-5(6)7-4;2*1-2-3-4-5;1-2;;/h12H,3-7H2,1-2H3;3-7H2,1-2H3,(H,10,12);2H,3H2,1H3;2*2-5H2,1H3;1-2H3;2*1H2/p+1.